The van der Waals surface area contributed by atoms with Gasteiger partial charge >= 0.3 is 0 Å². The molecule has 8 nitrogen and oxygen atoms in total. The van der Waals surface area contributed by atoms with Crippen LogP contribution >= 0.6 is 11.8 Å². The second-order valence-electron chi connectivity index (χ2n) is 8.01. The Morgan fingerprint density at radius 3 is 2.43 bits per heavy atom. The zero-order valence-electron chi connectivity index (χ0n) is 19.8. The van der Waals surface area contributed by atoms with E-state index in [0.717, 1.165) is 0 Å². The Labute approximate surface area is 208 Å². The smallest absolute Gasteiger partial charge is 0.251 e. The molecule has 1 aromatic heterocycles. The first-order valence-corrected chi connectivity index (χ1v) is 12.0. The first-order valence-electron chi connectivity index (χ1n) is 11.0. The fourth-order valence-electron chi connectivity index (χ4n) is 3.29. The maximum Gasteiger partial charge on any atom is 0.251 e. The van der Waals surface area contributed by atoms with Gasteiger partial charge in [0.05, 0.1) is 18.9 Å². The molecule has 0 radical (unpaired) electrons. The van der Waals surface area contributed by atoms with Crippen LogP contribution in [0.4, 0.5) is 10.1 Å². The van der Waals surface area contributed by atoms with Crippen molar-refractivity contribution in [1.29, 1.82) is 0 Å². The Balaban J connectivity index is 1.73. The van der Waals surface area contributed by atoms with Crippen LogP contribution in [0.25, 0.3) is 0 Å². The maximum atomic E-state index is 13.1. The van der Waals surface area contributed by atoms with Crippen LogP contribution in [0.2, 0.25) is 0 Å². The van der Waals surface area contributed by atoms with E-state index in [4.69, 9.17) is 4.74 Å². The molecule has 2 aromatic carbocycles. The topological polar surface area (TPSA) is 98.1 Å². The van der Waals surface area contributed by atoms with Crippen LogP contribution < -0.4 is 15.4 Å². The average Bonchev–Trinajstić information content (AvgIpc) is 3.24. The number of thioether (sulfide) groups is 1. The van der Waals surface area contributed by atoms with E-state index in [1.165, 1.54) is 36.0 Å². The molecule has 3 rings (SSSR count). The molecule has 0 aliphatic carbocycles. The molecule has 0 bridgehead atoms. The molecule has 0 spiro atoms. The van der Waals surface area contributed by atoms with E-state index in [9.17, 15) is 14.0 Å². The van der Waals surface area contributed by atoms with Crippen molar-refractivity contribution in [1.82, 2.24) is 20.1 Å². The van der Waals surface area contributed by atoms with Crippen LogP contribution in [-0.2, 0) is 11.3 Å². The van der Waals surface area contributed by atoms with Crippen molar-refractivity contribution in [3.63, 3.8) is 0 Å². The summed E-state index contributed by atoms with van der Waals surface area (Å²) in [5, 5.41) is 14.9. The van der Waals surface area contributed by atoms with E-state index in [0.29, 0.717) is 34.5 Å². The van der Waals surface area contributed by atoms with E-state index in [1.807, 2.05) is 18.4 Å². The quantitative estimate of drug-likeness (QED) is 0.300. The number of amides is 2. The number of halogens is 1. The number of methoxy groups -OCH3 is 1. The van der Waals surface area contributed by atoms with Crippen molar-refractivity contribution >= 4 is 29.3 Å². The summed E-state index contributed by atoms with van der Waals surface area (Å²) in [5.41, 5.74) is 1.00. The van der Waals surface area contributed by atoms with Gasteiger partial charge in [0.2, 0.25) is 5.91 Å². The highest BCUT2D eigenvalue weighted by Gasteiger charge is 2.26. The lowest BCUT2D eigenvalue weighted by Crippen LogP contribution is -2.33. The van der Waals surface area contributed by atoms with E-state index in [1.54, 1.807) is 37.5 Å². The summed E-state index contributed by atoms with van der Waals surface area (Å²) in [7, 11) is 1.57. The van der Waals surface area contributed by atoms with Crippen LogP contribution in [0.5, 0.6) is 5.75 Å². The molecule has 2 amide bonds. The maximum absolute atomic E-state index is 13.1. The number of hydrogen-bond acceptors (Lipinski definition) is 6. The molecule has 0 fully saturated rings. The summed E-state index contributed by atoms with van der Waals surface area (Å²) in [6, 6.07) is 12.0. The second kappa shape index (κ2) is 12.2. The number of aromatic nitrogens is 3. The van der Waals surface area contributed by atoms with Crippen LogP contribution in [0, 0.1) is 11.7 Å². The Hall–Kier alpha value is -3.66. The van der Waals surface area contributed by atoms with Gasteiger partial charge in [-0.2, -0.15) is 0 Å². The van der Waals surface area contributed by atoms with Crippen molar-refractivity contribution in [3.8, 4) is 5.75 Å². The number of carbonyl (C=O) groups excluding carboxylic acids is 2. The SMILES string of the molecule is C=CCn1c(SCC(=O)Nc2ccc(F)cc2)nnc1[C@H](NC(=O)c1ccc(OC)cc1)C(C)C. The summed E-state index contributed by atoms with van der Waals surface area (Å²) >= 11 is 1.22. The molecule has 3 aromatic rings. The first kappa shape index (κ1) is 26.0. The summed E-state index contributed by atoms with van der Waals surface area (Å²) in [4.78, 5) is 25.3. The number of nitrogens with zero attached hydrogens (tertiary/aromatic N) is 3. The zero-order chi connectivity index (χ0) is 25.4. The third-order valence-electron chi connectivity index (χ3n) is 5.10. The normalized spacial score (nSPS) is 11.7. The summed E-state index contributed by atoms with van der Waals surface area (Å²) in [5.74, 6) is 0.459. The van der Waals surface area contributed by atoms with Gasteiger partial charge in [0.25, 0.3) is 5.91 Å². The van der Waals surface area contributed by atoms with Gasteiger partial charge in [-0.05, 0) is 54.4 Å². The summed E-state index contributed by atoms with van der Waals surface area (Å²) in [6.45, 7) is 8.18. The lowest BCUT2D eigenvalue weighted by Gasteiger charge is -2.22. The highest BCUT2D eigenvalue weighted by molar-refractivity contribution is 7.99. The molecule has 0 unspecified atom stereocenters. The van der Waals surface area contributed by atoms with Crippen molar-refractivity contribution in [2.75, 3.05) is 18.2 Å². The van der Waals surface area contributed by atoms with Gasteiger partial charge in [0.1, 0.15) is 11.6 Å². The molecule has 1 heterocycles. The first-order chi connectivity index (χ1) is 16.8. The van der Waals surface area contributed by atoms with E-state index in [2.05, 4.69) is 27.4 Å². The monoisotopic (exact) mass is 497 g/mol. The van der Waals surface area contributed by atoms with Crippen LogP contribution in [0.15, 0.2) is 66.3 Å². The third kappa shape index (κ3) is 6.92. The van der Waals surface area contributed by atoms with Gasteiger partial charge in [-0.25, -0.2) is 4.39 Å². The molecule has 2 N–H and O–H groups in total. The van der Waals surface area contributed by atoms with Gasteiger partial charge in [-0.1, -0.05) is 31.7 Å². The van der Waals surface area contributed by atoms with Crippen molar-refractivity contribution in [3.05, 3.63) is 78.4 Å². The molecule has 1 atom stereocenters. The summed E-state index contributed by atoms with van der Waals surface area (Å²) < 4.78 is 20.1. The minimum absolute atomic E-state index is 0.0181. The highest BCUT2D eigenvalue weighted by atomic mass is 32.2. The van der Waals surface area contributed by atoms with E-state index < -0.39 is 6.04 Å². The number of anilines is 1. The highest BCUT2D eigenvalue weighted by Crippen LogP contribution is 2.26. The van der Waals surface area contributed by atoms with Gasteiger partial charge in [0, 0.05) is 17.8 Å². The molecule has 0 saturated carbocycles. The molecular weight excluding hydrogens is 469 g/mol. The fourth-order valence-corrected chi connectivity index (χ4v) is 4.05. The van der Waals surface area contributed by atoms with Gasteiger partial charge in [-0.3, -0.25) is 9.59 Å². The van der Waals surface area contributed by atoms with Crippen molar-refractivity contribution < 1.29 is 18.7 Å². The number of nitrogens with one attached hydrogen (secondary N) is 2. The third-order valence-corrected chi connectivity index (χ3v) is 6.07. The van der Waals surface area contributed by atoms with E-state index >= 15 is 0 Å². The van der Waals surface area contributed by atoms with Crippen molar-refractivity contribution in [2.45, 2.75) is 31.6 Å². The number of ether oxygens (including phenoxy) is 1. The van der Waals surface area contributed by atoms with Crippen LogP contribution in [0.3, 0.4) is 0 Å². The minimum Gasteiger partial charge on any atom is -0.497 e. The second-order valence-corrected chi connectivity index (χ2v) is 8.95. The van der Waals surface area contributed by atoms with E-state index in [-0.39, 0.29) is 29.3 Å². The number of hydrogen-bond donors (Lipinski definition) is 2. The molecular formula is C25H28FN5O3S. The Bertz CT molecular complexity index is 1160. The lowest BCUT2D eigenvalue weighted by atomic mass is 10.0. The van der Waals surface area contributed by atoms with Gasteiger partial charge in [-0.15, -0.1) is 16.8 Å². The average molecular weight is 498 g/mol. The predicted octanol–water partition coefficient (Wildman–Crippen LogP) is 4.47. The molecule has 184 valence electrons. The van der Waals surface area contributed by atoms with Crippen molar-refractivity contribution in [2.24, 2.45) is 5.92 Å². The molecule has 0 aliphatic heterocycles. The number of carbonyl (C=O) groups is 2. The standard InChI is InChI=1S/C25H28FN5O3S/c1-5-14-31-23(22(16(2)3)28-24(33)17-6-12-20(34-4)13-7-17)29-30-25(31)35-15-21(32)27-19-10-8-18(26)9-11-19/h5-13,16,22H,1,14-15H2,2-4H3,(H,27,32)(H,28,33)/t22-/m1/s1. The van der Waals surface area contributed by atoms with Crippen LogP contribution in [0.1, 0.15) is 36.1 Å². The minimum atomic E-state index is -0.417. The van der Waals surface area contributed by atoms with Crippen LogP contribution in [-0.4, -0.2) is 39.4 Å². The number of benzene rings is 2. The largest absolute Gasteiger partial charge is 0.497 e. The fraction of sp³-hybridized carbons (Fsp3) is 0.280. The molecule has 0 saturated heterocycles. The molecule has 35 heavy (non-hydrogen) atoms. The molecule has 10 heteroatoms. The Morgan fingerprint density at radius 1 is 1.14 bits per heavy atom. The summed E-state index contributed by atoms with van der Waals surface area (Å²) in [6.07, 6.45) is 1.71. The number of rotatable bonds is 11. The molecule has 0 aliphatic rings. The number of allylic oxidation sites excluding steroid dienone is 1. The van der Waals surface area contributed by atoms with Gasteiger partial charge < -0.3 is 19.9 Å². The lowest BCUT2D eigenvalue weighted by molar-refractivity contribution is -0.113. The zero-order valence-corrected chi connectivity index (χ0v) is 20.6. The Morgan fingerprint density at radius 2 is 1.83 bits per heavy atom. The predicted molar refractivity (Wildman–Crippen MR) is 134 cm³/mol. The Kier molecular flexibility index (Phi) is 9.02. The van der Waals surface area contributed by atoms with Gasteiger partial charge in [0.15, 0.2) is 11.0 Å².